The van der Waals surface area contributed by atoms with Crippen LogP contribution in [-0.2, 0) is 11.4 Å². The van der Waals surface area contributed by atoms with E-state index in [1.807, 2.05) is 14.1 Å². The van der Waals surface area contributed by atoms with Gasteiger partial charge in [0.25, 0.3) is 5.69 Å². The van der Waals surface area contributed by atoms with E-state index in [0.29, 0.717) is 23.2 Å². The van der Waals surface area contributed by atoms with Gasteiger partial charge in [-0.3, -0.25) is 10.1 Å². The Balaban J connectivity index is 3.37. The Hall–Kier alpha value is -2.12. The minimum atomic E-state index is -0.434. The molecule has 2 N–H and O–H groups in total. The highest BCUT2D eigenvalue weighted by Gasteiger charge is 2.20. The molecule has 1 rings (SSSR count). The van der Waals surface area contributed by atoms with E-state index >= 15 is 0 Å². The average molecular weight is 267 g/mol. The summed E-state index contributed by atoms with van der Waals surface area (Å²) >= 11 is 0. The normalized spacial score (nSPS) is 10.7. The van der Waals surface area contributed by atoms with Crippen molar-refractivity contribution in [2.45, 2.75) is 13.3 Å². The van der Waals surface area contributed by atoms with E-state index in [1.165, 1.54) is 0 Å². The minimum Gasteiger partial charge on any atom is -0.383 e. The fourth-order valence-electron chi connectivity index (χ4n) is 1.74. The van der Waals surface area contributed by atoms with Crippen LogP contribution in [0.25, 0.3) is 6.08 Å². The van der Waals surface area contributed by atoms with Crippen molar-refractivity contribution < 1.29 is 15.2 Å². The summed E-state index contributed by atoms with van der Waals surface area (Å²) < 4.78 is 0. The summed E-state index contributed by atoms with van der Waals surface area (Å²) in [6.45, 7) is 1.80. The first-order chi connectivity index (χ1) is 9.01. The average Bonchev–Trinajstić information content (AvgIpc) is 2.36. The third-order valence-electron chi connectivity index (χ3n) is 2.56. The summed E-state index contributed by atoms with van der Waals surface area (Å²) in [4.78, 5) is 16.4. The van der Waals surface area contributed by atoms with Crippen molar-refractivity contribution in [2.24, 2.45) is 0 Å². The monoisotopic (exact) mass is 267 g/mol. The maximum absolute atomic E-state index is 11.2. The van der Waals surface area contributed by atoms with Crippen molar-refractivity contribution in [1.29, 1.82) is 0 Å². The highest BCUT2D eigenvalue weighted by Crippen LogP contribution is 2.32. The van der Waals surface area contributed by atoms with Gasteiger partial charge in [-0.05, 0) is 30.8 Å². The number of nitro groups is 1. The summed E-state index contributed by atoms with van der Waals surface area (Å²) in [5, 5.41) is 19.6. The molecule has 0 radical (unpaired) electrons. The highest BCUT2D eigenvalue weighted by atomic mass is 17.2. The number of nitrogens with zero attached hydrogens (tertiary/aromatic N) is 2. The molecular weight excluding hydrogens is 250 g/mol. The van der Waals surface area contributed by atoms with Gasteiger partial charge in [0.15, 0.2) is 0 Å². The number of benzene rings is 1. The van der Waals surface area contributed by atoms with E-state index in [2.05, 4.69) is 10.5 Å². The van der Waals surface area contributed by atoms with Crippen LogP contribution in [0.15, 0.2) is 18.3 Å². The topological polar surface area (TPSA) is 87.9 Å². The largest absolute Gasteiger partial charge is 0.383 e. The molecule has 19 heavy (non-hydrogen) atoms. The summed E-state index contributed by atoms with van der Waals surface area (Å²) in [6.07, 6.45) is 3.84. The maximum atomic E-state index is 11.2. The molecule has 0 heterocycles. The Morgan fingerprint density at radius 1 is 1.53 bits per heavy atom. The van der Waals surface area contributed by atoms with Gasteiger partial charge in [0.05, 0.1) is 21.7 Å². The Morgan fingerprint density at radius 3 is 2.68 bits per heavy atom. The molecule has 0 aliphatic carbocycles. The van der Waals surface area contributed by atoms with Gasteiger partial charge in [-0.15, -0.1) is 4.99 Å². The third-order valence-corrected chi connectivity index (χ3v) is 2.56. The van der Waals surface area contributed by atoms with E-state index in [9.17, 15) is 10.1 Å². The number of hydrogen-bond donors (Lipinski definition) is 2. The van der Waals surface area contributed by atoms with E-state index in [-0.39, 0.29) is 5.69 Å². The number of hydrogen-bond acceptors (Lipinski definition) is 6. The fourth-order valence-corrected chi connectivity index (χ4v) is 1.74. The molecular formula is C12H17N3O4. The number of nitrogens with one attached hydrogen (secondary N) is 1. The van der Waals surface area contributed by atoms with Crippen LogP contribution in [0, 0.1) is 10.1 Å². The molecule has 104 valence electrons. The zero-order chi connectivity index (χ0) is 14.4. The molecule has 0 spiro atoms. The van der Waals surface area contributed by atoms with E-state index in [0.717, 1.165) is 0 Å². The first kappa shape index (κ1) is 14.9. The molecule has 1 aromatic rings. The fraction of sp³-hybridized carbons (Fsp3) is 0.333. The number of rotatable bonds is 6. The van der Waals surface area contributed by atoms with Crippen molar-refractivity contribution in [1.82, 2.24) is 4.90 Å². The molecule has 0 unspecified atom stereocenters. The minimum absolute atomic E-state index is 0.00245. The zero-order valence-corrected chi connectivity index (χ0v) is 11.1. The van der Waals surface area contributed by atoms with Crippen LogP contribution in [0.2, 0.25) is 0 Å². The summed E-state index contributed by atoms with van der Waals surface area (Å²) in [5.74, 6) is 0. The Labute approximate surface area is 111 Å². The lowest BCUT2D eigenvalue weighted by molar-refractivity contribution is -0.385. The second-order valence-electron chi connectivity index (χ2n) is 4.11. The Bertz CT molecular complexity index is 486. The highest BCUT2D eigenvalue weighted by molar-refractivity contribution is 5.71. The van der Waals surface area contributed by atoms with E-state index in [4.69, 9.17) is 5.26 Å². The van der Waals surface area contributed by atoms with Gasteiger partial charge < -0.3 is 4.90 Å². The summed E-state index contributed by atoms with van der Waals surface area (Å²) in [7, 11) is 3.66. The molecule has 7 nitrogen and oxygen atoms in total. The molecule has 0 atom stereocenters. The van der Waals surface area contributed by atoms with Gasteiger partial charge in [-0.2, -0.15) is 0 Å². The maximum Gasteiger partial charge on any atom is 0.281 e. The number of nitro benzene ring substituents is 1. The van der Waals surface area contributed by atoms with Crippen LogP contribution >= 0.6 is 0 Å². The van der Waals surface area contributed by atoms with Crippen LogP contribution in [0.3, 0.4) is 0 Å². The van der Waals surface area contributed by atoms with E-state index < -0.39 is 4.92 Å². The quantitative estimate of drug-likeness (QED) is 0.467. The molecule has 0 aliphatic rings. The molecule has 0 amide bonds. The standard InChI is InChI=1S/C12H17N3O4/c1-4-10-11(13-19-18)6-5-9(7-8-14(2)3)12(10)15(16)17/h5-8,13,18H,4H2,1-3H3. The third kappa shape index (κ3) is 3.67. The van der Waals surface area contributed by atoms with Crippen molar-refractivity contribution in [2.75, 3.05) is 19.6 Å². The first-order valence-corrected chi connectivity index (χ1v) is 5.72. The van der Waals surface area contributed by atoms with E-state index in [1.54, 1.807) is 36.2 Å². The molecule has 0 aliphatic heterocycles. The Morgan fingerprint density at radius 2 is 2.21 bits per heavy atom. The van der Waals surface area contributed by atoms with Gasteiger partial charge in [-0.1, -0.05) is 6.92 Å². The number of anilines is 1. The predicted octanol–water partition coefficient (Wildman–Crippen LogP) is 2.51. The van der Waals surface area contributed by atoms with Gasteiger partial charge in [0.1, 0.15) is 0 Å². The molecule has 0 saturated heterocycles. The summed E-state index contributed by atoms with van der Waals surface area (Å²) in [5.41, 5.74) is 3.58. The lowest BCUT2D eigenvalue weighted by Crippen LogP contribution is -2.05. The van der Waals surface area contributed by atoms with Crippen molar-refractivity contribution in [3.8, 4) is 0 Å². The molecule has 1 aromatic carbocycles. The SMILES string of the molecule is CCc1c(NOO)ccc(C=CN(C)C)c1[N+](=O)[O-]. The molecule has 0 aromatic heterocycles. The lowest BCUT2D eigenvalue weighted by atomic mass is 10.0. The van der Waals surface area contributed by atoms with Crippen molar-refractivity contribution in [3.63, 3.8) is 0 Å². The molecule has 0 fully saturated rings. The van der Waals surface area contributed by atoms with Crippen LogP contribution in [-0.4, -0.2) is 29.2 Å². The zero-order valence-electron chi connectivity index (χ0n) is 11.1. The second-order valence-corrected chi connectivity index (χ2v) is 4.11. The molecule has 0 bridgehead atoms. The van der Waals surface area contributed by atoms with Crippen molar-refractivity contribution in [3.05, 3.63) is 39.6 Å². The smallest absolute Gasteiger partial charge is 0.281 e. The molecule has 7 heteroatoms. The van der Waals surface area contributed by atoms with Gasteiger partial charge >= 0.3 is 0 Å². The van der Waals surface area contributed by atoms with Gasteiger partial charge in [0, 0.05) is 14.1 Å². The van der Waals surface area contributed by atoms with Crippen LogP contribution in [0.4, 0.5) is 11.4 Å². The summed E-state index contributed by atoms with van der Waals surface area (Å²) in [6, 6.07) is 3.22. The van der Waals surface area contributed by atoms with Gasteiger partial charge in [-0.25, -0.2) is 10.7 Å². The lowest BCUT2D eigenvalue weighted by Gasteiger charge is -2.10. The van der Waals surface area contributed by atoms with Crippen LogP contribution < -0.4 is 5.48 Å². The van der Waals surface area contributed by atoms with Gasteiger partial charge in [0.2, 0.25) is 0 Å². The Kier molecular flexibility index (Phi) is 5.28. The van der Waals surface area contributed by atoms with Crippen LogP contribution in [0.5, 0.6) is 0 Å². The second kappa shape index (κ2) is 6.72. The molecule has 0 saturated carbocycles. The van der Waals surface area contributed by atoms with Crippen molar-refractivity contribution >= 4 is 17.5 Å². The first-order valence-electron chi connectivity index (χ1n) is 5.72. The van der Waals surface area contributed by atoms with Crippen LogP contribution in [0.1, 0.15) is 18.1 Å². The predicted molar refractivity (Wildman–Crippen MR) is 72.5 cm³/mol.